The van der Waals surface area contributed by atoms with Crippen LogP contribution in [0.1, 0.15) is 19.3 Å². The van der Waals surface area contributed by atoms with Crippen molar-refractivity contribution in [1.29, 1.82) is 0 Å². The molecule has 0 unspecified atom stereocenters. The van der Waals surface area contributed by atoms with E-state index in [1.165, 1.54) is 0 Å². The van der Waals surface area contributed by atoms with Crippen molar-refractivity contribution in [1.82, 2.24) is 0 Å². The number of hydrogen-bond acceptors (Lipinski definition) is 1. The van der Waals surface area contributed by atoms with Gasteiger partial charge in [-0.3, -0.25) is 0 Å². The van der Waals surface area contributed by atoms with E-state index in [4.69, 9.17) is 5.11 Å². The summed E-state index contributed by atoms with van der Waals surface area (Å²) in [5, 5.41) is 8.56. The van der Waals surface area contributed by atoms with Crippen molar-refractivity contribution in [3.63, 3.8) is 0 Å². The van der Waals surface area contributed by atoms with Crippen LogP contribution in [0, 0.1) is 5.41 Å². The molecule has 1 fully saturated rings. The summed E-state index contributed by atoms with van der Waals surface area (Å²) in [5.74, 6) is -4.77. The van der Waals surface area contributed by atoms with Crippen LogP contribution in [0.15, 0.2) is 0 Å². The second-order valence-electron chi connectivity index (χ2n) is 3.36. The fourth-order valence-electron chi connectivity index (χ4n) is 1.48. The standard InChI is InChI=1S/C7H9F5O/c8-6(9,7(10,11)12)5(4-13)2-1-3-5/h13H,1-4H2. The Hall–Kier alpha value is -0.390. The van der Waals surface area contributed by atoms with Gasteiger partial charge in [0, 0.05) is 0 Å². The molecule has 0 heterocycles. The number of rotatable bonds is 2. The predicted octanol–water partition coefficient (Wildman–Crippen LogP) is 2.35. The second-order valence-corrected chi connectivity index (χ2v) is 3.36. The third-order valence-electron chi connectivity index (χ3n) is 2.64. The summed E-state index contributed by atoms with van der Waals surface area (Å²) in [6.07, 6.45) is -5.78. The molecular formula is C7H9F5O. The SMILES string of the molecule is OCC1(C(F)(F)C(F)(F)F)CCC1. The van der Waals surface area contributed by atoms with Crippen LogP contribution >= 0.6 is 0 Å². The fraction of sp³-hybridized carbons (Fsp3) is 1.00. The Morgan fingerprint density at radius 3 is 1.62 bits per heavy atom. The minimum atomic E-state index is -5.56. The Bertz CT molecular complexity index is 188. The first kappa shape index (κ1) is 10.7. The van der Waals surface area contributed by atoms with Gasteiger partial charge in [0.25, 0.3) is 0 Å². The molecule has 1 N–H and O–H groups in total. The van der Waals surface area contributed by atoms with Gasteiger partial charge in [-0.15, -0.1) is 0 Å². The van der Waals surface area contributed by atoms with Crippen molar-refractivity contribution in [2.75, 3.05) is 6.61 Å². The van der Waals surface area contributed by atoms with Crippen molar-refractivity contribution in [3.8, 4) is 0 Å². The van der Waals surface area contributed by atoms with Crippen LogP contribution in [0.3, 0.4) is 0 Å². The van der Waals surface area contributed by atoms with E-state index in [-0.39, 0.29) is 12.8 Å². The molecule has 1 aliphatic rings. The monoisotopic (exact) mass is 204 g/mol. The first-order valence-electron chi connectivity index (χ1n) is 3.82. The van der Waals surface area contributed by atoms with E-state index in [1.54, 1.807) is 0 Å². The summed E-state index contributed by atoms with van der Waals surface area (Å²) in [5.41, 5.74) is -2.26. The molecule has 1 aliphatic carbocycles. The molecule has 0 bridgehead atoms. The van der Waals surface area contributed by atoms with E-state index >= 15 is 0 Å². The summed E-state index contributed by atoms with van der Waals surface area (Å²) in [6, 6.07) is 0. The van der Waals surface area contributed by atoms with Crippen LogP contribution in [0.25, 0.3) is 0 Å². The quantitative estimate of drug-likeness (QED) is 0.684. The molecule has 0 spiro atoms. The molecule has 0 radical (unpaired) electrons. The predicted molar refractivity (Wildman–Crippen MR) is 34.4 cm³/mol. The highest BCUT2D eigenvalue weighted by Crippen LogP contribution is 2.57. The molecular weight excluding hydrogens is 195 g/mol. The van der Waals surface area contributed by atoms with Crippen LogP contribution in [0.5, 0.6) is 0 Å². The lowest BCUT2D eigenvalue weighted by Gasteiger charge is -2.46. The molecule has 1 saturated carbocycles. The summed E-state index contributed by atoms with van der Waals surface area (Å²) in [4.78, 5) is 0. The minimum absolute atomic E-state index is 0.268. The van der Waals surface area contributed by atoms with Crippen molar-refractivity contribution in [2.45, 2.75) is 31.4 Å². The molecule has 0 atom stereocenters. The van der Waals surface area contributed by atoms with Crippen LogP contribution < -0.4 is 0 Å². The van der Waals surface area contributed by atoms with Gasteiger partial charge in [0.05, 0.1) is 12.0 Å². The zero-order chi connectivity index (χ0) is 10.3. The molecule has 0 aliphatic heterocycles. The van der Waals surface area contributed by atoms with Gasteiger partial charge in [0.1, 0.15) is 0 Å². The number of hydrogen-bond donors (Lipinski definition) is 1. The molecule has 0 aromatic carbocycles. The first-order chi connectivity index (χ1) is 5.77. The summed E-state index contributed by atoms with van der Waals surface area (Å²) in [7, 11) is 0. The van der Waals surface area contributed by atoms with Crippen LogP contribution in [-0.4, -0.2) is 23.8 Å². The zero-order valence-corrected chi connectivity index (χ0v) is 6.67. The molecule has 0 saturated heterocycles. The zero-order valence-electron chi connectivity index (χ0n) is 6.67. The largest absolute Gasteiger partial charge is 0.453 e. The summed E-state index contributed by atoms with van der Waals surface area (Å²) in [6.45, 7) is -1.11. The van der Waals surface area contributed by atoms with E-state index in [9.17, 15) is 22.0 Å². The molecule has 1 rings (SSSR count). The minimum Gasteiger partial charge on any atom is -0.396 e. The third kappa shape index (κ3) is 1.31. The van der Waals surface area contributed by atoms with E-state index < -0.39 is 24.1 Å². The average molecular weight is 204 g/mol. The van der Waals surface area contributed by atoms with Crippen LogP contribution in [-0.2, 0) is 0 Å². The van der Waals surface area contributed by atoms with Gasteiger partial charge in [-0.1, -0.05) is 6.42 Å². The lowest BCUT2D eigenvalue weighted by molar-refractivity contribution is -0.344. The Balaban J connectivity index is 2.90. The summed E-state index contributed by atoms with van der Waals surface area (Å²) >= 11 is 0. The van der Waals surface area contributed by atoms with E-state index in [2.05, 4.69) is 0 Å². The van der Waals surface area contributed by atoms with Gasteiger partial charge >= 0.3 is 12.1 Å². The van der Waals surface area contributed by atoms with Gasteiger partial charge in [0.15, 0.2) is 0 Å². The van der Waals surface area contributed by atoms with Crippen molar-refractivity contribution >= 4 is 0 Å². The Labute approximate surface area is 71.5 Å². The van der Waals surface area contributed by atoms with E-state index in [1.807, 2.05) is 0 Å². The highest BCUT2D eigenvalue weighted by Gasteiger charge is 2.71. The number of alkyl halides is 5. The van der Waals surface area contributed by atoms with Crippen molar-refractivity contribution in [2.24, 2.45) is 5.41 Å². The molecule has 0 amide bonds. The van der Waals surface area contributed by atoms with Gasteiger partial charge in [0.2, 0.25) is 0 Å². The number of aliphatic hydroxyl groups excluding tert-OH is 1. The maximum atomic E-state index is 12.7. The maximum Gasteiger partial charge on any atom is 0.453 e. The second kappa shape index (κ2) is 2.80. The highest BCUT2D eigenvalue weighted by atomic mass is 19.4. The molecule has 6 heteroatoms. The lowest BCUT2D eigenvalue weighted by Crippen LogP contribution is -2.57. The number of halogens is 5. The highest BCUT2D eigenvalue weighted by molar-refractivity contribution is 5.01. The van der Waals surface area contributed by atoms with Gasteiger partial charge in [-0.2, -0.15) is 22.0 Å². The molecule has 0 aromatic rings. The normalized spacial score (nSPS) is 22.6. The van der Waals surface area contributed by atoms with Crippen LogP contribution in [0.2, 0.25) is 0 Å². The third-order valence-corrected chi connectivity index (χ3v) is 2.64. The van der Waals surface area contributed by atoms with Gasteiger partial charge < -0.3 is 5.11 Å². The van der Waals surface area contributed by atoms with Gasteiger partial charge in [-0.05, 0) is 12.8 Å². The van der Waals surface area contributed by atoms with Crippen molar-refractivity contribution < 1.29 is 27.1 Å². The topological polar surface area (TPSA) is 20.2 Å². The smallest absolute Gasteiger partial charge is 0.396 e. The first-order valence-corrected chi connectivity index (χ1v) is 3.82. The molecule has 1 nitrogen and oxygen atoms in total. The molecule has 0 aromatic heterocycles. The Kier molecular flexibility index (Phi) is 2.30. The number of aliphatic hydroxyl groups is 1. The van der Waals surface area contributed by atoms with E-state index in [0.717, 1.165) is 0 Å². The lowest BCUT2D eigenvalue weighted by atomic mass is 9.65. The summed E-state index contributed by atoms with van der Waals surface area (Å²) < 4.78 is 61.1. The molecule has 78 valence electrons. The van der Waals surface area contributed by atoms with Crippen molar-refractivity contribution in [3.05, 3.63) is 0 Å². The van der Waals surface area contributed by atoms with Crippen LogP contribution in [0.4, 0.5) is 22.0 Å². The fourth-order valence-corrected chi connectivity index (χ4v) is 1.48. The average Bonchev–Trinajstić information content (AvgIpc) is 1.82. The Morgan fingerprint density at radius 1 is 1.08 bits per heavy atom. The molecule has 13 heavy (non-hydrogen) atoms. The van der Waals surface area contributed by atoms with Gasteiger partial charge in [-0.25, -0.2) is 0 Å². The van der Waals surface area contributed by atoms with E-state index in [0.29, 0.717) is 6.42 Å². The maximum absolute atomic E-state index is 12.7. The Morgan fingerprint density at radius 2 is 1.54 bits per heavy atom.